The lowest BCUT2D eigenvalue weighted by atomic mass is 10.1. The summed E-state index contributed by atoms with van der Waals surface area (Å²) in [6, 6.07) is 8.10. The SMILES string of the molecule is CC(O)Cc1ccc(OC2CCN(C)CC2)cc1. The maximum Gasteiger partial charge on any atom is 0.119 e. The Morgan fingerprint density at radius 1 is 1.28 bits per heavy atom. The molecule has 1 saturated heterocycles. The Balaban J connectivity index is 1.86. The zero-order valence-electron chi connectivity index (χ0n) is 11.3. The molecule has 1 heterocycles. The molecule has 1 aliphatic heterocycles. The molecule has 1 aliphatic rings. The smallest absolute Gasteiger partial charge is 0.119 e. The van der Waals surface area contributed by atoms with Crippen molar-refractivity contribution >= 4 is 0 Å². The summed E-state index contributed by atoms with van der Waals surface area (Å²) in [5.74, 6) is 0.943. The Labute approximate surface area is 109 Å². The monoisotopic (exact) mass is 249 g/mol. The summed E-state index contributed by atoms with van der Waals surface area (Å²) >= 11 is 0. The lowest BCUT2D eigenvalue weighted by Crippen LogP contribution is -2.35. The molecule has 2 rings (SSSR count). The van der Waals surface area contributed by atoms with Gasteiger partial charge >= 0.3 is 0 Å². The molecule has 0 aliphatic carbocycles. The molecule has 0 aromatic heterocycles. The van der Waals surface area contributed by atoms with E-state index in [1.165, 1.54) is 0 Å². The number of likely N-dealkylation sites (tertiary alicyclic amines) is 1. The van der Waals surface area contributed by atoms with Crippen LogP contribution in [0.2, 0.25) is 0 Å². The Bertz CT molecular complexity index is 353. The lowest BCUT2D eigenvalue weighted by Gasteiger charge is -2.29. The summed E-state index contributed by atoms with van der Waals surface area (Å²) in [5.41, 5.74) is 1.15. The second-order valence-electron chi connectivity index (χ2n) is 5.32. The Hall–Kier alpha value is -1.06. The maximum absolute atomic E-state index is 9.33. The number of benzene rings is 1. The van der Waals surface area contributed by atoms with Crippen molar-refractivity contribution < 1.29 is 9.84 Å². The average molecular weight is 249 g/mol. The number of aliphatic hydroxyl groups excluding tert-OH is 1. The fraction of sp³-hybridized carbons (Fsp3) is 0.600. The highest BCUT2D eigenvalue weighted by Crippen LogP contribution is 2.19. The van der Waals surface area contributed by atoms with E-state index >= 15 is 0 Å². The molecule has 0 radical (unpaired) electrons. The van der Waals surface area contributed by atoms with Crippen LogP contribution in [-0.4, -0.2) is 42.4 Å². The van der Waals surface area contributed by atoms with E-state index in [4.69, 9.17) is 4.74 Å². The van der Waals surface area contributed by atoms with Crippen molar-refractivity contribution in [2.75, 3.05) is 20.1 Å². The molecule has 0 amide bonds. The largest absolute Gasteiger partial charge is 0.490 e. The van der Waals surface area contributed by atoms with Gasteiger partial charge in [0.05, 0.1) is 6.10 Å². The zero-order chi connectivity index (χ0) is 13.0. The second-order valence-corrected chi connectivity index (χ2v) is 5.32. The van der Waals surface area contributed by atoms with Gasteiger partial charge in [0.25, 0.3) is 0 Å². The summed E-state index contributed by atoms with van der Waals surface area (Å²) in [6.45, 7) is 4.04. The number of piperidine rings is 1. The van der Waals surface area contributed by atoms with Crippen LogP contribution >= 0.6 is 0 Å². The first-order valence-electron chi connectivity index (χ1n) is 6.75. The minimum absolute atomic E-state index is 0.286. The van der Waals surface area contributed by atoms with Gasteiger partial charge in [-0.3, -0.25) is 0 Å². The standard InChI is InChI=1S/C15H23NO2/c1-12(17)11-13-3-5-14(6-4-13)18-15-7-9-16(2)10-8-15/h3-6,12,15,17H,7-11H2,1-2H3. The van der Waals surface area contributed by atoms with E-state index in [1.807, 2.05) is 31.2 Å². The molecule has 1 aromatic carbocycles. The molecular formula is C15H23NO2. The quantitative estimate of drug-likeness (QED) is 0.887. The summed E-state index contributed by atoms with van der Waals surface area (Å²) in [4.78, 5) is 2.34. The van der Waals surface area contributed by atoms with E-state index in [0.29, 0.717) is 12.5 Å². The molecule has 100 valence electrons. The van der Waals surface area contributed by atoms with Crippen LogP contribution in [0.1, 0.15) is 25.3 Å². The van der Waals surface area contributed by atoms with E-state index in [1.54, 1.807) is 0 Å². The summed E-state index contributed by atoms with van der Waals surface area (Å²) in [6.07, 6.45) is 2.97. The molecule has 3 nitrogen and oxygen atoms in total. The van der Waals surface area contributed by atoms with Gasteiger partial charge in [0, 0.05) is 13.1 Å². The molecule has 1 aromatic rings. The van der Waals surface area contributed by atoms with Gasteiger partial charge in [-0.05, 0) is 50.9 Å². The minimum Gasteiger partial charge on any atom is -0.490 e. The highest BCUT2D eigenvalue weighted by molar-refractivity contribution is 5.27. The van der Waals surface area contributed by atoms with E-state index in [0.717, 1.165) is 37.2 Å². The van der Waals surface area contributed by atoms with Crippen molar-refractivity contribution in [2.24, 2.45) is 0 Å². The third-order valence-electron chi connectivity index (χ3n) is 3.42. The molecule has 1 atom stereocenters. The van der Waals surface area contributed by atoms with Gasteiger partial charge < -0.3 is 14.7 Å². The molecule has 1 N–H and O–H groups in total. The third kappa shape index (κ3) is 4.00. The summed E-state index contributed by atoms with van der Waals surface area (Å²) in [7, 11) is 2.15. The van der Waals surface area contributed by atoms with Crippen molar-refractivity contribution in [3.63, 3.8) is 0 Å². The van der Waals surface area contributed by atoms with Gasteiger partial charge in [-0.2, -0.15) is 0 Å². The Morgan fingerprint density at radius 2 is 1.89 bits per heavy atom. The van der Waals surface area contributed by atoms with Crippen molar-refractivity contribution in [1.29, 1.82) is 0 Å². The first-order valence-corrected chi connectivity index (χ1v) is 6.75. The highest BCUT2D eigenvalue weighted by Gasteiger charge is 2.17. The number of hydrogen-bond acceptors (Lipinski definition) is 3. The molecule has 0 saturated carbocycles. The number of nitrogens with zero attached hydrogens (tertiary/aromatic N) is 1. The Morgan fingerprint density at radius 3 is 2.44 bits per heavy atom. The fourth-order valence-electron chi connectivity index (χ4n) is 2.34. The number of rotatable bonds is 4. The van der Waals surface area contributed by atoms with Crippen LogP contribution in [0.3, 0.4) is 0 Å². The third-order valence-corrected chi connectivity index (χ3v) is 3.42. The van der Waals surface area contributed by atoms with E-state index in [9.17, 15) is 5.11 Å². The molecule has 0 spiro atoms. The number of hydrogen-bond donors (Lipinski definition) is 1. The molecule has 0 bridgehead atoms. The van der Waals surface area contributed by atoms with Crippen LogP contribution in [-0.2, 0) is 6.42 Å². The minimum atomic E-state index is -0.286. The summed E-state index contributed by atoms with van der Waals surface area (Å²) in [5, 5.41) is 9.33. The van der Waals surface area contributed by atoms with Crippen molar-refractivity contribution in [2.45, 2.75) is 38.4 Å². The van der Waals surface area contributed by atoms with Gasteiger partial charge in [0.1, 0.15) is 11.9 Å². The van der Waals surface area contributed by atoms with Crippen LogP contribution in [0.5, 0.6) is 5.75 Å². The molecule has 1 fully saturated rings. The van der Waals surface area contributed by atoms with Crippen LogP contribution in [0.4, 0.5) is 0 Å². The van der Waals surface area contributed by atoms with Gasteiger partial charge in [-0.25, -0.2) is 0 Å². The number of aliphatic hydroxyl groups is 1. The second kappa shape index (κ2) is 6.21. The Kier molecular flexibility index (Phi) is 4.61. The lowest BCUT2D eigenvalue weighted by molar-refractivity contribution is 0.114. The van der Waals surface area contributed by atoms with Gasteiger partial charge in [0.2, 0.25) is 0 Å². The van der Waals surface area contributed by atoms with Gasteiger partial charge in [-0.1, -0.05) is 12.1 Å². The van der Waals surface area contributed by atoms with E-state index in [-0.39, 0.29) is 6.10 Å². The molecule has 1 unspecified atom stereocenters. The predicted molar refractivity (Wildman–Crippen MR) is 73.0 cm³/mol. The van der Waals surface area contributed by atoms with Crippen LogP contribution in [0, 0.1) is 0 Å². The zero-order valence-corrected chi connectivity index (χ0v) is 11.3. The highest BCUT2D eigenvalue weighted by atomic mass is 16.5. The fourth-order valence-corrected chi connectivity index (χ4v) is 2.34. The average Bonchev–Trinajstić information content (AvgIpc) is 2.34. The van der Waals surface area contributed by atoms with Crippen LogP contribution in [0.25, 0.3) is 0 Å². The van der Waals surface area contributed by atoms with Gasteiger partial charge in [-0.15, -0.1) is 0 Å². The van der Waals surface area contributed by atoms with Crippen LogP contribution in [0.15, 0.2) is 24.3 Å². The van der Waals surface area contributed by atoms with Crippen molar-refractivity contribution in [3.05, 3.63) is 29.8 Å². The van der Waals surface area contributed by atoms with E-state index < -0.39 is 0 Å². The topological polar surface area (TPSA) is 32.7 Å². The first-order chi connectivity index (χ1) is 8.63. The predicted octanol–water partition coefficient (Wildman–Crippen LogP) is 2.08. The van der Waals surface area contributed by atoms with E-state index in [2.05, 4.69) is 11.9 Å². The van der Waals surface area contributed by atoms with Crippen LogP contribution < -0.4 is 4.74 Å². The van der Waals surface area contributed by atoms with Crippen molar-refractivity contribution in [1.82, 2.24) is 4.90 Å². The normalized spacial score (nSPS) is 19.7. The molecule has 3 heteroatoms. The molecular weight excluding hydrogens is 226 g/mol. The van der Waals surface area contributed by atoms with Gasteiger partial charge in [0.15, 0.2) is 0 Å². The molecule has 18 heavy (non-hydrogen) atoms. The van der Waals surface area contributed by atoms with Crippen molar-refractivity contribution in [3.8, 4) is 5.75 Å². The number of ether oxygens (including phenoxy) is 1. The first kappa shape index (κ1) is 13.4. The maximum atomic E-state index is 9.33. The summed E-state index contributed by atoms with van der Waals surface area (Å²) < 4.78 is 5.97.